The fourth-order valence-electron chi connectivity index (χ4n) is 3.13. The maximum absolute atomic E-state index is 12.3. The van der Waals surface area contributed by atoms with Crippen LogP contribution in [0.5, 0.6) is 5.88 Å². The number of hydrogen-bond donors (Lipinski definition) is 0. The van der Waals surface area contributed by atoms with E-state index in [1.165, 1.54) is 0 Å². The van der Waals surface area contributed by atoms with Crippen LogP contribution in [0.2, 0.25) is 0 Å². The zero-order chi connectivity index (χ0) is 19.6. The van der Waals surface area contributed by atoms with Gasteiger partial charge in [0.25, 0.3) is 0 Å². The summed E-state index contributed by atoms with van der Waals surface area (Å²) >= 11 is 0. The van der Waals surface area contributed by atoms with Crippen molar-refractivity contribution in [2.75, 3.05) is 18.8 Å². The minimum atomic E-state index is -3.44. The molecule has 7 heteroatoms. The van der Waals surface area contributed by atoms with E-state index in [1.807, 2.05) is 36.4 Å². The smallest absolute Gasteiger partial charge is 0.223 e. The molecular weight excluding hydrogens is 376 g/mol. The molecule has 6 nitrogen and oxygen atoms in total. The molecule has 0 saturated carbocycles. The van der Waals surface area contributed by atoms with Crippen molar-refractivity contribution in [3.8, 4) is 5.88 Å². The number of carbonyl (C=O) groups is 1. The van der Waals surface area contributed by atoms with Gasteiger partial charge in [0.05, 0.1) is 29.3 Å². The molecular formula is C21H20N2O4S. The molecule has 0 spiro atoms. The van der Waals surface area contributed by atoms with E-state index < -0.39 is 9.84 Å². The van der Waals surface area contributed by atoms with Crippen molar-refractivity contribution in [2.45, 2.75) is 17.4 Å². The average molecular weight is 396 g/mol. The highest BCUT2D eigenvalue weighted by Crippen LogP contribution is 2.21. The number of para-hydroxylation sites is 1. The molecule has 1 aliphatic heterocycles. The number of rotatable bonds is 6. The van der Waals surface area contributed by atoms with E-state index in [9.17, 15) is 13.2 Å². The Kier molecular flexibility index (Phi) is 5.00. The monoisotopic (exact) mass is 396 g/mol. The molecule has 28 heavy (non-hydrogen) atoms. The second kappa shape index (κ2) is 7.59. The predicted molar refractivity (Wildman–Crippen MR) is 106 cm³/mol. The Morgan fingerprint density at radius 3 is 2.50 bits per heavy atom. The molecule has 0 aliphatic carbocycles. The summed E-state index contributed by atoms with van der Waals surface area (Å²) in [4.78, 5) is 18.6. The van der Waals surface area contributed by atoms with Gasteiger partial charge in [-0.1, -0.05) is 36.4 Å². The molecule has 2 heterocycles. The highest BCUT2D eigenvalue weighted by Gasteiger charge is 2.33. The van der Waals surface area contributed by atoms with Gasteiger partial charge in [-0.3, -0.25) is 4.79 Å². The first-order valence-corrected chi connectivity index (χ1v) is 10.7. The third-order valence-corrected chi connectivity index (χ3v) is 6.48. The van der Waals surface area contributed by atoms with Crippen molar-refractivity contribution in [3.63, 3.8) is 0 Å². The fraction of sp³-hybridized carbons (Fsp3) is 0.238. The molecule has 0 N–H and O–H groups in total. The summed E-state index contributed by atoms with van der Waals surface area (Å²) < 4.78 is 30.4. The van der Waals surface area contributed by atoms with Gasteiger partial charge in [-0.05, 0) is 24.3 Å². The number of sulfone groups is 1. The van der Waals surface area contributed by atoms with E-state index in [0.29, 0.717) is 19.0 Å². The molecule has 1 amide bonds. The molecule has 2 aromatic carbocycles. The predicted octanol–water partition coefficient (Wildman–Crippen LogP) is 2.69. The van der Waals surface area contributed by atoms with Crippen molar-refractivity contribution in [2.24, 2.45) is 0 Å². The second-order valence-corrected chi connectivity index (χ2v) is 8.87. The van der Waals surface area contributed by atoms with Crippen molar-refractivity contribution >= 4 is 26.6 Å². The minimum Gasteiger partial charge on any atom is -0.471 e. The van der Waals surface area contributed by atoms with Crippen LogP contribution in [-0.4, -0.2) is 49.2 Å². The van der Waals surface area contributed by atoms with Crippen LogP contribution in [0.1, 0.15) is 6.42 Å². The first kappa shape index (κ1) is 18.4. The number of benzene rings is 2. The number of aromatic nitrogens is 1. The first-order chi connectivity index (χ1) is 13.5. The van der Waals surface area contributed by atoms with Crippen LogP contribution in [0.4, 0.5) is 0 Å². The topological polar surface area (TPSA) is 76.6 Å². The average Bonchev–Trinajstić information content (AvgIpc) is 2.69. The number of fused-ring (bicyclic) bond motifs is 1. The zero-order valence-corrected chi connectivity index (χ0v) is 16.0. The third kappa shape index (κ3) is 3.99. The standard InChI is InChI=1S/C21H20N2O4S/c24-21(12-13-28(25,26)18-7-2-1-3-8-18)23-14-17(15-23)27-20-11-10-16-6-4-5-9-19(16)22-20/h1-11,17H,12-15H2. The van der Waals surface area contributed by atoms with E-state index in [-0.39, 0.29) is 29.1 Å². The summed E-state index contributed by atoms with van der Waals surface area (Å²) in [5, 5.41) is 1.04. The zero-order valence-electron chi connectivity index (χ0n) is 15.2. The molecule has 1 aromatic heterocycles. The van der Waals surface area contributed by atoms with E-state index in [2.05, 4.69) is 4.98 Å². The quantitative estimate of drug-likeness (QED) is 0.640. The Hall–Kier alpha value is -2.93. The van der Waals surface area contributed by atoms with Gasteiger partial charge in [0.15, 0.2) is 9.84 Å². The molecule has 0 radical (unpaired) electrons. The van der Waals surface area contributed by atoms with Crippen molar-refractivity contribution in [1.82, 2.24) is 9.88 Å². The maximum atomic E-state index is 12.3. The lowest BCUT2D eigenvalue weighted by molar-refractivity contribution is -0.139. The molecule has 1 saturated heterocycles. The van der Waals surface area contributed by atoms with Crippen molar-refractivity contribution in [3.05, 3.63) is 66.7 Å². The number of nitrogens with zero attached hydrogens (tertiary/aromatic N) is 2. The van der Waals surface area contributed by atoms with E-state index in [4.69, 9.17) is 4.74 Å². The summed E-state index contributed by atoms with van der Waals surface area (Å²) in [5.74, 6) is 0.165. The number of ether oxygens (including phenoxy) is 1. The summed E-state index contributed by atoms with van der Waals surface area (Å²) in [7, 11) is -3.44. The molecule has 0 bridgehead atoms. The fourth-order valence-corrected chi connectivity index (χ4v) is 4.38. The molecule has 4 rings (SSSR count). The lowest BCUT2D eigenvalue weighted by Gasteiger charge is -2.38. The van der Waals surface area contributed by atoms with Crippen molar-refractivity contribution < 1.29 is 17.9 Å². The Bertz CT molecular complexity index is 1090. The van der Waals surface area contributed by atoms with Gasteiger partial charge in [0.1, 0.15) is 6.10 Å². The minimum absolute atomic E-state index is 0.0296. The van der Waals surface area contributed by atoms with Gasteiger partial charge in [0, 0.05) is 17.9 Å². The normalized spacial score (nSPS) is 14.6. The van der Waals surface area contributed by atoms with Crippen LogP contribution >= 0.6 is 0 Å². The SMILES string of the molecule is O=C(CCS(=O)(=O)c1ccccc1)N1CC(Oc2ccc3ccccc3n2)C1. The Morgan fingerprint density at radius 2 is 1.71 bits per heavy atom. The van der Waals surface area contributed by atoms with Gasteiger partial charge < -0.3 is 9.64 Å². The summed E-state index contributed by atoms with van der Waals surface area (Å²) in [6.07, 6.45) is -0.151. The number of carbonyl (C=O) groups excluding carboxylic acids is 1. The largest absolute Gasteiger partial charge is 0.471 e. The van der Waals surface area contributed by atoms with Gasteiger partial charge in [0.2, 0.25) is 11.8 Å². The summed E-state index contributed by atoms with van der Waals surface area (Å²) in [5.41, 5.74) is 0.860. The van der Waals surface area contributed by atoms with Gasteiger partial charge >= 0.3 is 0 Å². The van der Waals surface area contributed by atoms with E-state index in [1.54, 1.807) is 35.2 Å². The third-order valence-electron chi connectivity index (χ3n) is 4.75. The first-order valence-electron chi connectivity index (χ1n) is 9.09. The van der Waals surface area contributed by atoms with Crippen molar-refractivity contribution in [1.29, 1.82) is 0 Å². The molecule has 0 unspecified atom stereocenters. The van der Waals surface area contributed by atoms with Gasteiger partial charge in [-0.15, -0.1) is 0 Å². The second-order valence-electron chi connectivity index (χ2n) is 6.76. The molecule has 0 atom stereocenters. The van der Waals surface area contributed by atoms with Crippen LogP contribution in [0.3, 0.4) is 0 Å². The number of amides is 1. The van der Waals surface area contributed by atoms with Crippen LogP contribution in [0.25, 0.3) is 10.9 Å². The highest BCUT2D eigenvalue weighted by molar-refractivity contribution is 7.91. The van der Waals surface area contributed by atoms with Crippen LogP contribution in [0, 0.1) is 0 Å². The van der Waals surface area contributed by atoms with Crippen LogP contribution < -0.4 is 4.74 Å². The number of hydrogen-bond acceptors (Lipinski definition) is 5. The number of likely N-dealkylation sites (tertiary alicyclic amines) is 1. The Morgan fingerprint density at radius 1 is 1.00 bits per heavy atom. The summed E-state index contributed by atoms with van der Waals surface area (Å²) in [6.45, 7) is 0.886. The molecule has 1 fully saturated rings. The lowest BCUT2D eigenvalue weighted by Crippen LogP contribution is -2.56. The highest BCUT2D eigenvalue weighted by atomic mass is 32.2. The Labute approximate surface area is 163 Å². The molecule has 144 valence electrons. The van der Waals surface area contributed by atoms with Gasteiger partial charge in [-0.25, -0.2) is 13.4 Å². The van der Waals surface area contributed by atoms with Crippen LogP contribution in [0.15, 0.2) is 71.6 Å². The number of pyridine rings is 1. The molecule has 1 aliphatic rings. The molecule has 3 aromatic rings. The van der Waals surface area contributed by atoms with E-state index >= 15 is 0 Å². The maximum Gasteiger partial charge on any atom is 0.223 e. The Balaban J connectivity index is 1.28. The summed E-state index contributed by atoms with van der Waals surface area (Å²) in [6, 6.07) is 19.8. The lowest BCUT2D eigenvalue weighted by atomic mass is 10.1. The van der Waals surface area contributed by atoms with Crippen LogP contribution in [-0.2, 0) is 14.6 Å². The van der Waals surface area contributed by atoms with E-state index in [0.717, 1.165) is 10.9 Å². The van der Waals surface area contributed by atoms with Gasteiger partial charge in [-0.2, -0.15) is 0 Å².